The van der Waals surface area contributed by atoms with Gasteiger partial charge in [-0.2, -0.15) is 4.98 Å². The van der Waals surface area contributed by atoms with Crippen LogP contribution in [0, 0.1) is 11.6 Å². The molecule has 3 heterocycles. The predicted molar refractivity (Wildman–Crippen MR) is 123 cm³/mol. The minimum absolute atomic E-state index is 0.0314. The quantitative estimate of drug-likeness (QED) is 0.474. The molecule has 0 bridgehead atoms. The average Bonchev–Trinajstić information content (AvgIpc) is 3.27. The van der Waals surface area contributed by atoms with E-state index in [4.69, 9.17) is 15.2 Å². The zero-order chi connectivity index (χ0) is 24.0. The van der Waals surface area contributed by atoms with Crippen molar-refractivity contribution >= 4 is 39.5 Å². The first-order valence-corrected chi connectivity index (χ1v) is 10.6. The second kappa shape index (κ2) is 8.32. The van der Waals surface area contributed by atoms with Crippen molar-refractivity contribution in [2.24, 2.45) is 0 Å². The molecule has 1 saturated heterocycles. The number of halogens is 2. The van der Waals surface area contributed by atoms with Crippen molar-refractivity contribution < 1.29 is 23.0 Å². The molecule has 0 radical (unpaired) electrons. The van der Waals surface area contributed by atoms with Gasteiger partial charge in [-0.3, -0.25) is 4.79 Å². The van der Waals surface area contributed by atoms with Crippen LogP contribution in [0.15, 0.2) is 30.3 Å². The molecule has 5 rings (SSSR count). The molecule has 3 N–H and O–H groups in total. The van der Waals surface area contributed by atoms with E-state index in [9.17, 15) is 9.18 Å². The molecule has 34 heavy (non-hydrogen) atoms. The number of ether oxygens (including phenoxy) is 2. The first-order valence-electron chi connectivity index (χ1n) is 10.6. The van der Waals surface area contributed by atoms with Crippen molar-refractivity contribution in [3.05, 3.63) is 47.7 Å². The number of nitrogen functional groups attached to an aromatic ring is 1. The molecule has 9 nitrogen and oxygen atoms in total. The molecule has 0 saturated carbocycles. The van der Waals surface area contributed by atoms with Gasteiger partial charge in [0.25, 0.3) is 5.91 Å². The van der Waals surface area contributed by atoms with E-state index in [-0.39, 0.29) is 40.5 Å². The summed E-state index contributed by atoms with van der Waals surface area (Å²) in [5.74, 6) is -0.710. The van der Waals surface area contributed by atoms with Gasteiger partial charge in [-0.25, -0.2) is 13.8 Å². The van der Waals surface area contributed by atoms with Gasteiger partial charge in [0.1, 0.15) is 22.8 Å². The zero-order valence-corrected chi connectivity index (χ0v) is 18.6. The number of piperazine rings is 1. The Morgan fingerprint density at radius 2 is 1.82 bits per heavy atom. The van der Waals surface area contributed by atoms with Crippen LogP contribution in [-0.4, -0.2) is 66.2 Å². The average molecular weight is 468 g/mol. The van der Waals surface area contributed by atoms with Crippen LogP contribution in [0.3, 0.4) is 0 Å². The summed E-state index contributed by atoms with van der Waals surface area (Å²) in [5.41, 5.74) is 7.23. The number of nitrogens with zero attached hydrogens (tertiary/aromatic N) is 4. The van der Waals surface area contributed by atoms with Crippen molar-refractivity contribution in [1.29, 1.82) is 0 Å². The molecule has 4 aromatic rings. The number of nitrogens with two attached hydrogens (primary N) is 1. The topological polar surface area (TPSA) is 110 Å². The van der Waals surface area contributed by atoms with Crippen LogP contribution < -0.4 is 20.1 Å². The SMILES string of the molecule is COc1cc2c(N)nc(N3CCN(C(=O)c4cc5cc(F)ccc5[nH]4)CC3)nc2c(F)c1OC. The Morgan fingerprint density at radius 1 is 1.06 bits per heavy atom. The van der Waals surface area contributed by atoms with Gasteiger partial charge in [-0.1, -0.05) is 0 Å². The van der Waals surface area contributed by atoms with Crippen LogP contribution in [-0.2, 0) is 0 Å². The summed E-state index contributed by atoms with van der Waals surface area (Å²) in [6.07, 6.45) is 0. The first kappa shape index (κ1) is 21.7. The zero-order valence-electron chi connectivity index (χ0n) is 18.6. The number of fused-ring (bicyclic) bond motifs is 2. The maximum Gasteiger partial charge on any atom is 0.270 e. The van der Waals surface area contributed by atoms with Crippen LogP contribution >= 0.6 is 0 Å². The van der Waals surface area contributed by atoms with E-state index in [0.29, 0.717) is 48.2 Å². The molecule has 11 heteroatoms. The summed E-state index contributed by atoms with van der Waals surface area (Å²) in [6, 6.07) is 7.51. The molecule has 1 aliphatic rings. The Labute approximate surface area is 193 Å². The number of hydrogen-bond donors (Lipinski definition) is 2. The number of H-pyrrole nitrogens is 1. The molecule has 1 fully saturated rings. The van der Waals surface area contributed by atoms with E-state index in [1.807, 2.05) is 4.90 Å². The lowest BCUT2D eigenvalue weighted by atomic mass is 10.2. The molecule has 1 aliphatic heterocycles. The van der Waals surface area contributed by atoms with Gasteiger partial charge in [-0.05, 0) is 30.3 Å². The van der Waals surface area contributed by atoms with Gasteiger partial charge in [0.05, 0.1) is 14.2 Å². The fraction of sp³-hybridized carbons (Fsp3) is 0.261. The van der Waals surface area contributed by atoms with E-state index < -0.39 is 5.82 Å². The Morgan fingerprint density at radius 3 is 2.53 bits per heavy atom. The molecule has 1 amide bonds. The number of carbonyl (C=O) groups is 1. The Balaban J connectivity index is 1.37. The largest absolute Gasteiger partial charge is 0.493 e. The molecule has 2 aromatic heterocycles. The molecule has 0 spiro atoms. The smallest absolute Gasteiger partial charge is 0.270 e. The Bertz CT molecular complexity index is 1420. The summed E-state index contributed by atoms with van der Waals surface area (Å²) in [5, 5.41) is 0.957. The summed E-state index contributed by atoms with van der Waals surface area (Å²) in [4.78, 5) is 28.3. The van der Waals surface area contributed by atoms with E-state index in [0.717, 1.165) is 0 Å². The number of aromatic amines is 1. The lowest BCUT2D eigenvalue weighted by Gasteiger charge is -2.34. The summed E-state index contributed by atoms with van der Waals surface area (Å²) in [7, 11) is 2.75. The van der Waals surface area contributed by atoms with Gasteiger partial charge in [-0.15, -0.1) is 0 Å². The monoisotopic (exact) mass is 468 g/mol. The Hall–Kier alpha value is -4.15. The molecular weight excluding hydrogens is 446 g/mol. The second-order valence-corrected chi connectivity index (χ2v) is 7.92. The third kappa shape index (κ3) is 3.58. The van der Waals surface area contributed by atoms with Crippen molar-refractivity contribution in [2.75, 3.05) is 51.0 Å². The van der Waals surface area contributed by atoms with E-state index in [1.54, 1.807) is 23.1 Å². The maximum absolute atomic E-state index is 15.1. The van der Waals surface area contributed by atoms with Gasteiger partial charge < -0.3 is 30.0 Å². The first-order chi connectivity index (χ1) is 16.4. The molecule has 0 aliphatic carbocycles. The minimum Gasteiger partial charge on any atom is -0.493 e. The van der Waals surface area contributed by atoms with Gasteiger partial charge in [0.2, 0.25) is 5.95 Å². The highest BCUT2D eigenvalue weighted by molar-refractivity contribution is 5.98. The number of amides is 1. The summed E-state index contributed by atoms with van der Waals surface area (Å²) in [6.45, 7) is 1.66. The van der Waals surface area contributed by atoms with Crippen LogP contribution in [0.5, 0.6) is 11.5 Å². The maximum atomic E-state index is 15.1. The lowest BCUT2D eigenvalue weighted by Crippen LogP contribution is -2.49. The number of benzene rings is 2. The van der Waals surface area contributed by atoms with Crippen LogP contribution in [0.25, 0.3) is 21.8 Å². The molecule has 0 unspecified atom stereocenters. The fourth-order valence-corrected chi connectivity index (χ4v) is 4.18. The standard InChI is InChI=1S/C23H22F2N6O3/c1-33-17-11-14-19(18(25)20(17)34-2)28-23(29-21(14)26)31-7-5-30(6-8-31)22(32)16-10-12-9-13(24)3-4-15(12)27-16/h3-4,9-11,27H,5-8H2,1-2H3,(H2,26,28,29). The molecule has 176 valence electrons. The van der Waals surface area contributed by atoms with E-state index in [1.165, 1.54) is 26.4 Å². The summed E-state index contributed by atoms with van der Waals surface area (Å²) < 4.78 is 38.8. The van der Waals surface area contributed by atoms with Crippen molar-refractivity contribution in [1.82, 2.24) is 19.9 Å². The van der Waals surface area contributed by atoms with Crippen LogP contribution in [0.2, 0.25) is 0 Å². The predicted octanol–water partition coefficient (Wildman–Crippen LogP) is 2.95. The minimum atomic E-state index is -0.684. The van der Waals surface area contributed by atoms with Crippen molar-refractivity contribution in [3.63, 3.8) is 0 Å². The fourth-order valence-electron chi connectivity index (χ4n) is 4.18. The number of methoxy groups -OCH3 is 2. The highest BCUT2D eigenvalue weighted by Crippen LogP contribution is 2.37. The van der Waals surface area contributed by atoms with Crippen molar-refractivity contribution in [2.45, 2.75) is 0 Å². The number of nitrogens with one attached hydrogen (secondary N) is 1. The Kier molecular flexibility index (Phi) is 5.31. The van der Waals surface area contributed by atoms with E-state index >= 15 is 4.39 Å². The van der Waals surface area contributed by atoms with Crippen LogP contribution in [0.4, 0.5) is 20.5 Å². The number of anilines is 2. The highest BCUT2D eigenvalue weighted by atomic mass is 19.1. The number of aromatic nitrogens is 3. The molecular formula is C23H22F2N6O3. The number of carbonyl (C=O) groups excluding carboxylic acids is 1. The molecule has 0 atom stereocenters. The molecule has 2 aromatic carbocycles. The van der Waals surface area contributed by atoms with Gasteiger partial charge in [0, 0.05) is 42.5 Å². The number of rotatable bonds is 4. The summed E-state index contributed by atoms with van der Waals surface area (Å²) >= 11 is 0. The van der Waals surface area contributed by atoms with Gasteiger partial charge in [0.15, 0.2) is 17.3 Å². The van der Waals surface area contributed by atoms with Crippen LogP contribution in [0.1, 0.15) is 10.5 Å². The lowest BCUT2D eigenvalue weighted by molar-refractivity contribution is 0.0741. The normalized spacial score (nSPS) is 14.1. The number of hydrogen-bond acceptors (Lipinski definition) is 7. The third-order valence-corrected chi connectivity index (χ3v) is 5.96. The highest BCUT2D eigenvalue weighted by Gasteiger charge is 2.26. The van der Waals surface area contributed by atoms with Gasteiger partial charge >= 0.3 is 0 Å². The van der Waals surface area contributed by atoms with Crippen molar-refractivity contribution in [3.8, 4) is 11.5 Å². The second-order valence-electron chi connectivity index (χ2n) is 7.92. The third-order valence-electron chi connectivity index (χ3n) is 5.96. The van der Waals surface area contributed by atoms with E-state index in [2.05, 4.69) is 15.0 Å².